The molecule has 0 aromatic heterocycles. The van der Waals surface area contributed by atoms with Crippen LogP contribution < -0.4 is 10.1 Å². The summed E-state index contributed by atoms with van der Waals surface area (Å²) in [6.07, 6.45) is 1.06. The third kappa shape index (κ3) is 7.85. The quantitative estimate of drug-likeness (QED) is 0.694. The highest BCUT2D eigenvalue weighted by Crippen LogP contribution is 2.12. The first kappa shape index (κ1) is 16.0. The molecule has 0 amide bonds. The Morgan fingerprint density at radius 3 is 2.74 bits per heavy atom. The molecule has 1 N–H and O–H groups in total. The third-order valence-corrected chi connectivity index (χ3v) is 2.99. The molecule has 1 rings (SSSR count). The van der Waals surface area contributed by atoms with Crippen LogP contribution in [0.3, 0.4) is 0 Å². The van der Waals surface area contributed by atoms with Gasteiger partial charge in [-0.25, -0.2) is 0 Å². The average Bonchev–Trinajstić information content (AvgIpc) is 2.34. The molecule has 0 aliphatic heterocycles. The highest BCUT2D eigenvalue weighted by Gasteiger charge is 2.00. The lowest BCUT2D eigenvalue weighted by Gasteiger charge is -2.18. The highest BCUT2D eigenvalue weighted by molar-refractivity contribution is 5.27. The number of hydrogen-bond donors (Lipinski definition) is 1. The van der Waals surface area contributed by atoms with Crippen LogP contribution in [0, 0.1) is 6.92 Å². The van der Waals surface area contributed by atoms with E-state index in [-0.39, 0.29) is 0 Å². The second-order valence-electron chi connectivity index (χ2n) is 5.43. The summed E-state index contributed by atoms with van der Waals surface area (Å²) in [6, 6.07) is 8.79. The maximum atomic E-state index is 5.74. The number of likely N-dealkylation sites (N-methyl/N-ethyl adjacent to an activating group) is 1. The molecular formula is C16H28N2O. The van der Waals surface area contributed by atoms with Crippen LogP contribution in [0.2, 0.25) is 0 Å². The Kier molecular flexibility index (Phi) is 7.53. The van der Waals surface area contributed by atoms with Crippen molar-refractivity contribution in [1.29, 1.82) is 0 Å². The number of hydrogen-bond acceptors (Lipinski definition) is 3. The summed E-state index contributed by atoms with van der Waals surface area (Å²) >= 11 is 0. The Balaban J connectivity index is 2.07. The molecule has 0 saturated heterocycles. The summed E-state index contributed by atoms with van der Waals surface area (Å²) in [5.41, 5.74) is 1.24. The van der Waals surface area contributed by atoms with E-state index in [0.29, 0.717) is 6.04 Å². The van der Waals surface area contributed by atoms with Gasteiger partial charge in [0.25, 0.3) is 0 Å². The van der Waals surface area contributed by atoms with Crippen molar-refractivity contribution in [3.63, 3.8) is 0 Å². The molecule has 3 nitrogen and oxygen atoms in total. The lowest BCUT2D eigenvalue weighted by atomic mass is 10.2. The van der Waals surface area contributed by atoms with Gasteiger partial charge in [-0.1, -0.05) is 26.0 Å². The molecule has 0 aliphatic rings. The Morgan fingerprint density at radius 2 is 2.05 bits per heavy atom. The van der Waals surface area contributed by atoms with Gasteiger partial charge in [-0.3, -0.25) is 0 Å². The van der Waals surface area contributed by atoms with E-state index in [1.54, 1.807) is 0 Å². The van der Waals surface area contributed by atoms with E-state index < -0.39 is 0 Å². The van der Waals surface area contributed by atoms with E-state index in [1.165, 1.54) is 5.56 Å². The Labute approximate surface area is 118 Å². The topological polar surface area (TPSA) is 24.5 Å². The summed E-state index contributed by atoms with van der Waals surface area (Å²) in [7, 11) is 2.16. The molecule has 0 unspecified atom stereocenters. The van der Waals surface area contributed by atoms with E-state index in [0.717, 1.165) is 38.4 Å². The van der Waals surface area contributed by atoms with Gasteiger partial charge < -0.3 is 15.0 Å². The van der Waals surface area contributed by atoms with Crippen molar-refractivity contribution in [3.8, 4) is 5.75 Å². The van der Waals surface area contributed by atoms with Crippen LogP contribution in [-0.4, -0.2) is 44.2 Å². The van der Waals surface area contributed by atoms with E-state index in [1.807, 2.05) is 12.1 Å². The summed E-state index contributed by atoms with van der Waals surface area (Å²) < 4.78 is 5.74. The molecule has 3 heteroatoms. The molecule has 0 fully saturated rings. The number of nitrogens with one attached hydrogen (secondary N) is 1. The van der Waals surface area contributed by atoms with Gasteiger partial charge in [0, 0.05) is 25.7 Å². The standard InChI is InChI=1S/C16H28N2O/c1-14(2)17-9-11-18(4)10-6-12-19-16-8-5-7-15(3)13-16/h5,7-8,13-14,17H,6,9-12H2,1-4H3. The molecule has 0 saturated carbocycles. The second kappa shape index (κ2) is 8.94. The van der Waals surface area contributed by atoms with Gasteiger partial charge >= 0.3 is 0 Å². The van der Waals surface area contributed by atoms with Gasteiger partial charge in [0.1, 0.15) is 5.75 Å². The molecule has 1 aromatic carbocycles. The SMILES string of the molecule is Cc1cccc(OCCCN(C)CCNC(C)C)c1. The zero-order valence-electron chi connectivity index (χ0n) is 12.8. The van der Waals surface area contributed by atoms with Gasteiger partial charge in [0.15, 0.2) is 0 Å². The second-order valence-corrected chi connectivity index (χ2v) is 5.43. The van der Waals surface area contributed by atoms with Crippen LogP contribution in [0.25, 0.3) is 0 Å². The Morgan fingerprint density at radius 1 is 1.26 bits per heavy atom. The molecule has 1 aromatic rings. The number of aryl methyl sites for hydroxylation is 1. The minimum Gasteiger partial charge on any atom is -0.494 e. The molecule has 0 radical (unpaired) electrons. The van der Waals surface area contributed by atoms with E-state index in [4.69, 9.17) is 4.74 Å². The predicted molar refractivity (Wildman–Crippen MR) is 81.9 cm³/mol. The Hall–Kier alpha value is -1.06. The first-order chi connectivity index (χ1) is 9.08. The van der Waals surface area contributed by atoms with Gasteiger partial charge in [-0.15, -0.1) is 0 Å². The number of benzene rings is 1. The highest BCUT2D eigenvalue weighted by atomic mass is 16.5. The molecule has 0 atom stereocenters. The molecule has 0 spiro atoms. The summed E-state index contributed by atoms with van der Waals surface area (Å²) in [5, 5.41) is 3.43. The van der Waals surface area contributed by atoms with Crippen molar-refractivity contribution in [3.05, 3.63) is 29.8 Å². The van der Waals surface area contributed by atoms with Crippen LogP contribution in [-0.2, 0) is 0 Å². The molecule has 0 heterocycles. The van der Waals surface area contributed by atoms with Crippen molar-refractivity contribution in [2.75, 3.05) is 33.3 Å². The fourth-order valence-electron chi connectivity index (χ4n) is 1.89. The fourth-order valence-corrected chi connectivity index (χ4v) is 1.89. The smallest absolute Gasteiger partial charge is 0.119 e. The summed E-state index contributed by atoms with van der Waals surface area (Å²) in [4.78, 5) is 2.34. The van der Waals surface area contributed by atoms with Crippen molar-refractivity contribution < 1.29 is 4.74 Å². The van der Waals surface area contributed by atoms with Gasteiger partial charge in [0.05, 0.1) is 6.61 Å². The van der Waals surface area contributed by atoms with Gasteiger partial charge in [-0.05, 0) is 38.1 Å². The number of rotatable bonds is 9. The third-order valence-electron chi connectivity index (χ3n) is 2.99. The molecular weight excluding hydrogens is 236 g/mol. The Bertz CT molecular complexity index is 352. The van der Waals surface area contributed by atoms with E-state index in [2.05, 4.69) is 50.2 Å². The average molecular weight is 264 g/mol. The zero-order chi connectivity index (χ0) is 14.1. The minimum atomic E-state index is 0.568. The lowest BCUT2D eigenvalue weighted by Crippen LogP contribution is -2.33. The summed E-state index contributed by atoms with van der Waals surface area (Å²) in [6.45, 7) is 10.4. The van der Waals surface area contributed by atoms with Gasteiger partial charge in [-0.2, -0.15) is 0 Å². The molecule has 0 bridgehead atoms. The monoisotopic (exact) mass is 264 g/mol. The van der Waals surface area contributed by atoms with E-state index >= 15 is 0 Å². The van der Waals surface area contributed by atoms with Crippen molar-refractivity contribution >= 4 is 0 Å². The van der Waals surface area contributed by atoms with Crippen LogP contribution in [0.5, 0.6) is 5.75 Å². The predicted octanol–water partition coefficient (Wildman–Crippen LogP) is 2.69. The van der Waals surface area contributed by atoms with Crippen molar-refractivity contribution in [1.82, 2.24) is 10.2 Å². The van der Waals surface area contributed by atoms with Crippen LogP contribution in [0.4, 0.5) is 0 Å². The maximum absolute atomic E-state index is 5.74. The van der Waals surface area contributed by atoms with E-state index in [9.17, 15) is 0 Å². The largest absolute Gasteiger partial charge is 0.494 e. The molecule has 19 heavy (non-hydrogen) atoms. The zero-order valence-corrected chi connectivity index (χ0v) is 12.8. The van der Waals surface area contributed by atoms with Gasteiger partial charge in [0.2, 0.25) is 0 Å². The van der Waals surface area contributed by atoms with Crippen molar-refractivity contribution in [2.45, 2.75) is 33.2 Å². The normalized spacial score (nSPS) is 11.3. The minimum absolute atomic E-state index is 0.568. The van der Waals surface area contributed by atoms with Crippen LogP contribution >= 0.6 is 0 Å². The lowest BCUT2D eigenvalue weighted by molar-refractivity contribution is 0.261. The van der Waals surface area contributed by atoms with Crippen molar-refractivity contribution in [2.24, 2.45) is 0 Å². The van der Waals surface area contributed by atoms with Crippen LogP contribution in [0.15, 0.2) is 24.3 Å². The summed E-state index contributed by atoms with van der Waals surface area (Å²) in [5.74, 6) is 0.976. The maximum Gasteiger partial charge on any atom is 0.119 e. The first-order valence-corrected chi connectivity index (χ1v) is 7.19. The fraction of sp³-hybridized carbons (Fsp3) is 0.625. The van der Waals surface area contributed by atoms with Crippen LogP contribution in [0.1, 0.15) is 25.8 Å². The molecule has 108 valence electrons. The molecule has 0 aliphatic carbocycles. The number of nitrogens with zero attached hydrogens (tertiary/aromatic N) is 1. The number of ether oxygens (including phenoxy) is 1. The first-order valence-electron chi connectivity index (χ1n) is 7.19.